The quantitative estimate of drug-likeness (QED) is 0.352. The molecule has 174 valence electrons. The number of carbonyl (C=O) groups excluding carboxylic acids is 1. The minimum atomic E-state index is -2.75. The number of hydrogen-bond acceptors (Lipinski definition) is 4. The van der Waals surface area contributed by atoms with E-state index in [0.717, 1.165) is 16.3 Å². The molecule has 2 heterocycles. The molecule has 5 aromatic rings. The fraction of sp³-hybridized carbons (Fsp3) is 0.111. The Morgan fingerprint density at radius 3 is 2.57 bits per heavy atom. The van der Waals surface area contributed by atoms with Crippen molar-refractivity contribution in [1.29, 1.82) is 0 Å². The Labute approximate surface area is 200 Å². The molecule has 8 heteroatoms. The van der Waals surface area contributed by atoms with E-state index in [1.807, 2.05) is 24.3 Å². The lowest BCUT2D eigenvalue weighted by Crippen LogP contribution is -2.33. The molecule has 0 aliphatic carbocycles. The summed E-state index contributed by atoms with van der Waals surface area (Å²) in [5.41, 5.74) is 2.90. The van der Waals surface area contributed by atoms with Gasteiger partial charge in [-0.25, -0.2) is 13.5 Å². The highest BCUT2D eigenvalue weighted by atomic mass is 19.3. The Morgan fingerprint density at radius 1 is 0.943 bits per heavy atom. The van der Waals surface area contributed by atoms with Crippen LogP contribution in [-0.4, -0.2) is 32.3 Å². The van der Waals surface area contributed by atoms with Crippen molar-refractivity contribution in [1.82, 2.24) is 25.3 Å². The predicted molar refractivity (Wildman–Crippen MR) is 129 cm³/mol. The van der Waals surface area contributed by atoms with Gasteiger partial charge in [-0.3, -0.25) is 9.78 Å². The summed E-state index contributed by atoms with van der Waals surface area (Å²) in [6, 6.07) is 21.6. The predicted octanol–water partition coefficient (Wildman–Crippen LogP) is 5.28. The number of alkyl halides is 2. The van der Waals surface area contributed by atoms with Gasteiger partial charge in [-0.2, -0.15) is 0 Å². The Hall–Kier alpha value is -4.46. The molecule has 0 bridgehead atoms. The molecule has 0 radical (unpaired) electrons. The lowest BCUT2D eigenvalue weighted by molar-refractivity contribution is 0.0743. The van der Waals surface area contributed by atoms with Gasteiger partial charge in [0.15, 0.2) is 0 Å². The normalized spacial score (nSPS) is 12.1. The third-order valence-corrected chi connectivity index (χ3v) is 5.77. The summed E-state index contributed by atoms with van der Waals surface area (Å²) >= 11 is 0. The van der Waals surface area contributed by atoms with E-state index < -0.39 is 18.4 Å². The van der Waals surface area contributed by atoms with Crippen LogP contribution in [0, 0.1) is 0 Å². The minimum absolute atomic E-state index is 0.263. The van der Waals surface area contributed by atoms with Crippen molar-refractivity contribution >= 4 is 16.7 Å². The fourth-order valence-electron chi connectivity index (χ4n) is 3.98. The molecule has 3 aromatic carbocycles. The molecular weight excluding hydrogens is 448 g/mol. The lowest BCUT2D eigenvalue weighted by atomic mass is 10.0. The maximum atomic E-state index is 13.7. The number of fused-ring (bicyclic) bond motifs is 1. The molecule has 0 aliphatic heterocycles. The van der Waals surface area contributed by atoms with Gasteiger partial charge in [-0.15, -0.1) is 5.10 Å². The van der Waals surface area contributed by atoms with Gasteiger partial charge >= 0.3 is 0 Å². The molecule has 5 rings (SSSR count). The van der Waals surface area contributed by atoms with Crippen molar-refractivity contribution in [3.63, 3.8) is 0 Å². The number of nitrogens with zero attached hydrogens (tertiary/aromatic N) is 4. The zero-order valence-electron chi connectivity index (χ0n) is 18.6. The third kappa shape index (κ3) is 4.91. The van der Waals surface area contributed by atoms with Crippen LogP contribution in [0.25, 0.3) is 22.0 Å². The van der Waals surface area contributed by atoms with E-state index in [1.165, 1.54) is 0 Å². The Balaban J connectivity index is 1.37. The summed E-state index contributed by atoms with van der Waals surface area (Å²) in [4.78, 5) is 17.1. The van der Waals surface area contributed by atoms with Gasteiger partial charge < -0.3 is 5.32 Å². The molecule has 1 N–H and O–H groups in total. The van der Waals surface area contributed by atoms with Crippen LogP contribution in [0.1, 0.15) is 27.5 Å². The molecule has 0 fully saturated rings. The molecule has 1 unspecified atom stereocenters. The molecule has 6 nitrogen and oxygen atoms in total. The zero-order chi connectivity index (χ0) is 24.2. The van der Waals surface area contributed by atoms with Crippen molar-refractivity contribution in [2.24, 2.45) is 0 Å². The molecular formula is C27H21F2N5O. The molecule has 1 amide bonds. The Bertz CT molecular complexity index is 1470. The van der Waals surface area contributed by atoms with E-state index in [4.69, 9.17) is 0 Å². The summed E-state index contributed by atoms with van der Waals surface area (Å²) in [6.45, 7) is 0.263. The number of rotatable bonds is 7. The van der Waals surface area contributed by atoms with E-state index in [1.54, 1.807) is 77.9 Å². The number of aromatic nitrogens is 4. The van der Waals surface area contributed by atoms with Gasteiger partial charge in [0.1, 0.15) is 11.7 Å². The second-order valence-electron chi connectivity index (χ2n) is 8.09. The summed E-state index contributed by atoms with van der Waals surface area (Å²) in [7, 11) is 0. The average Bonchev–Trinajstić information content (AvgIpc) is 3.36. The van der Waals surface area contributed by atoms with Crippen molar-refractivity contribution in [3.05, 3.63) is 114 Å². The van der Waals surface area contributed by atoms with Crippen LogP contribution in [0.2, 0.25) is 0 Å². The van der Waals surface area contributed by atoms with E-state index in [0.29, 0.717) is 22.4 Å². The van der Waals surface area contributed by atoms with Crippen molar-refractivity contribution in [2.45, 2.75) is 19.0 Å². The number of nitrogens with one attached hydrogen (secondary N) is 1. The van der Waals surface area contributed by atoms with Crippen LogP contribution in [-0.2, 0) is 6.54 Å². The van der Waals surface area contributed by atoms with E-state index in [-0.39, 0.29) is 6.54 Å². The van der Waals surface area contributed by atoms with Gasteiger partial charge in [-0.1, -0.05) is 65.9 Å². The molecule has 0 saturated carbocycles. The molecule has 0 spiro atoms. The first-order valence-electron chi connectivity index (χ1n) is 11.0. The fourth-order valence-corrected chi connectivity index (χ4v) is 3.98. The topological polar surface area (TPSA) is 72.7 Å². The maximum absolute atomic E-state index is 13.7. The standard InChI is InChI=1S/C27H21F2N5O/c28-26(29)25(18-6-2-1-3-7-18)31-27(35)23-9-5-4-8-22(23)16-34-17-24(32-33-34)20-10-11-21-15-30-13-12-19(21)14-20/h1-15,17,25-26H,16H2,(H,31,35). The highest BCUT2D eigenvalue weighted by Crippen LogP contribution is 2.24. The Kier molecular flexibility index (Phi) is 6.26. The van der Waals surface area contributed by atoms with Gasteiger partial charge in [0, 0.05) is 28.9 Å². The number of halogens is 2. The minimum Gasteiger partial charge on any atom is -0.339 e. The number of amides is 1. The molecule has 1 atom stereocenters. The number of pyridine rings is 1. The number of hydrogen-bond donors (Lipinski definition) is 1. The highest BCUT2D eigenvalue weighted by Gasteiger charge is 2.25. The van der Waals surface area contributed by atoms with Crippen LogP contribution >= 0.6 is 0 Å². The maximum Gasteiger partial charge on any atom is 0.262 e. The monoisotopic (exact) mass is 469 g/mol. The first-order chi connectivity index (χ1) is 17.1. The first-order valence-corrected chi connectivity index (χ1v) is 11.0. The molecule has 0 aliphatic rings. The highest BCUT2D eigenvalue weighted by molar-refractivity contribution is 5.96. The number of benzene rings is 3. The third-order valence-electron chi connectivity index (χ3n) is 5.77. The van der Waals surface area contributed by atoms with Gasteiger partial charge in [0.25, 0.3) is 12.3 Å². The van der Waals surface area contributed by atoms with Crippen molar-refractivity contribution in [3.8, 4) is 11.3 Å². The second kappa shape index (κ2) is 9.80. The van der Waals surface area contributed by atoms with E-state index >= 15 is 0 Å². The van der Waals surface area contributed by atoms with Gasteiger partial charge in [-0.05, 0) is 34.7 Å². The molecule has 2 aromatic heterocycles. The summed E-state index contributed by atoms with van der Waals surface area (Å²) in [6.07, 6.45) is 2.59. The zero-order valence-corrected chi connectivity index (χ0v) is 18.6. The first kappa shape index (κ1) is 22.3. The van der Waals surface area contributed by atoms with E-state index in [2.05, 4.69) is 20.6 Å². The summed E-state index contributed by atoms with van der Waals surface area (Å²) in [5.74, 6) is -0.571. The lowest BCUT2D eigenvalue weighted by Gasteiger charge is -2.19. The molecule has 0 saturated heterocycles. The van der Waals surface area contributed by atoms with Gasteiger partial charge in [0.05, 0.1) is 12.7 Å². The largest absolute Gasteiger partial charge is 0.339 e. The van der Waals surface area contributed by atoms with Crippen molar-refractivity contribution in [2.75, 3.05) is 0 Å². The van der Waals surface area contributed by atoms with Crippen LogP contribution < -0.4 is 5.32 Å². The van der Waals surface area contributed by atoms with Crippen LogP contribution in [0.15, 0.2) is 97.5 Å². The number of carbonyl (C=O) groups is 1. The van der Waals surface area contributed by atoms with Crippen LogP contribution in [0.5, 0.6) is 0 Å². The smallest absolute Gasteiger partial charge is 0.262 e. The van der Waals surface area contributed by atoms with Crippen molar-refractivity contribution < 1.29 is 13.6 Å². The second-order valence-corrected chi connectivity index (χ2v) is 8.09. The average molecular weight is 469 g/mol. The molecule has 35 heavy (non-hydrogen) atoms. The van der Waals surface area contributed by atoms with Crippen LogP contribution in [0.3, 0.4) is 0 Å². The Morgan fingerprint density at radius 2 is 1.74 bits per heavy atom. The summed E-state index contributed by atoms with van der Waals surface area (Å²) < 4.78 is 29.1. The van der Waals surface area contributed by atoms with Gasteiger partial charge in [0.2, 0.25) is 0 Å². The summed E-state index contributed by atoms with van der Waals surface area (Å²) in [5, 5.41) is 13.0. The van der Waals surface area contributed by atoms with Crippen LogP contribution in [0.4, 0.5) is 8.78 Å². The SMILES string of the molecule is O=C(NC(c1ccccc1)C(F)F)c1ccccc1Cn1cc(-c2ccc3cnccc3c2)nn1. The van der Waals surface area contributed by atoms with E-state index in [9.17, 15) is 13.6 Å².